The monoisotopic (exact) mass is 899 g/mol. The highest BCUT2D eigenvalue weighted by molar-refractivity contribution is 5.96. The molecule has 0 saturated heterocycles. The summed E-state index contributed by atoms with van der Waals surface area (Å²) in [4.78, 5) is 61.1. The van der Waals surface area contributed by atoms with Crippen molar-refractivity contribution in [2.45, 2.75) is 150 Å². The van der Waals surface area contributed by atoms with Crippen molar-refractivity contribution in [1.29, 1.82) is 0 Å². The van der Waals surface area contributed by atoms with Crippen LogP contribution < -0.4 is 9.64 Å². The number of ether oxygens (including phenoxy) is 6. The number of esters is 3. The fraction of sp³-hybridized carbons (Fsp3) is 0.627. The standard InChI is InChI=1S/C51H70N4O10/c1-32-35(17-20-55(32)31-50-24-33-23-34(25-50)27-51(26-33,30-50)62-22-21-53(11)46(59)65-49(8,9)10)37-14-16-41(52-43(37)45(58)64-48(5,6)7)54-19-18-36-39(28-54)38(44(57)60-12)13-15-40(36)61-29-42(56)63-47(2,3)4/h13-17,20,33-34H,18-19,21-31H2,1-12H3. The predicted molar refractivity (Wildman–Crippen MR) is 246 cm³/mol. The van der Waals surface area contributed by atoms with Crippen molar-refractivity contribution >= 4 is 29.8 Å². The van der Waals surface area contributed by atoms with Gasteiger partial charge >= 0.3 is 24.0 Å². The van der Waals surface area contributed by atoms with Crippen molar-refractivity contribution in [3.05, 3.63) is 64.6 Å². The molecule has 0 spiro atoms. The van der Waals surface area contributed by atoms with Gasteiger partial charge < -0.3 is 42.8 Å². The molecule has 1 aliphatic heterocycles. The van der Waals surface area contributed by atoms with E-state index < -0.39 is 34.7 Å². The van der Waals surface area contributed by atoms with Gasteiger partial charge in [0.2, 0.25) is 0 Å². The number of aromatic nitrogens is 2. The largest absolute Gasteiger partial charge is 0.482 e. The third-order valence-electron chi connectivity index (χ3n) is 13.0. The first-order valence-corrected chi connectivity index (χ1v) is 23.2. The maximum atomic E-state index is 14.1. The second kappa shape index (κ2) is 17.9. The van der Waals surface area contributed by atoms with Crippen LogP contribution in [0.3, 0.4) is 0 Å². The van der Waals surface area contributed by atoms with Crippen LogP contribution in [-0.4, -0.2) is 101 Å². The number of benzene rings is 1. The quantitative estimate of drug-likeness (QED) is 0.119. The van der Waals surface area contributed by atoms with Crippen LogP contribution in [0.1, 0.15) is 139 Å². The Morgan fingerprint density at radius 1 is 0.815 bits per heavy atom. The molecular weight excluding hydrogens is 829 g/mol. The molecule has 4 aliphatic carbocycles. The maximum absolute atomic E-state index is 14.1. The number of fused-ring (bicyclic) bond motifs is 1. The SMILES string of the molecule is COC(=O)c1ccc(OCC(=O)OC(C)(C)C)c2c1CN(c1ccc(-c3ccn(CC45CC6CC(C4)CC(OCCN(C)C(=O)OC(C)(C)C)(C6)C5)c3C)c(C(=O)OC(C)(C)C)n1)CC2. The zero-order valence-electron chi connectivity index (χ0n) is 40.7. The minimum atomic E-state index is -0.760. The summed E-state index contributed by atoms with van der Waals surface area (Å²) in [5.74, 6) is 0.762. The lowest BCUT2D eigenvalue weighted by molar-refractivity contribution is -0.197. The third kappa shape index (κ3) is 11.1. The van der Waals surface area contributed by atoms with E-state index in [1.54, 1.807) is 44.9 Å². The topological polar surface area (TPSA) is 148 Å². The van der Waals surface area contributed by atoms with Crippen LogP contribution in [0.15, 0.2) is 36.5 Å². The molecule has 1 aromatic carbocycles. The third-order valence-corrected chi connectivity index (χ3v) is 13.0. The Morgan fingerprint density at radius 2 is 1.49 bits per heavy atom. The second-order valence-electron chi connectivity index (χ2n) is 22.0. The van der Waals surface area contributed by atoms with Crippen molar-refractivity contribution in [3.63, 3.8) is 0 Å². The highest BCUT2D eigenvalue weighted by atomic mass is 16.6. The summed E-state index contributed by atoms with van der Waals surface area (Å²) >= 11 is 0. The van der Waals surface area contributed by atoms with E-state index in [1.807, 2.05) is 58.6 Å². The van der Waals surface area contributed by atoms with Gasteiger partial charge in [-0.25, -0.2) is 24.2 Å². The van der Waals surface area contributed by atoms with Crippen molar-refractivity contribution < 1.29 is 47.6 Å². The van der Waals surface area contributed by atoms with E-state index in [0.29, 0.717) is 66.2 Å². The number of amides is 1. The summed E-state index contributed by atoms with van der Waals surface area (Å²) in [6.07, 6.45) is 8.94. The van der Waals surface area contributed by atoms with Gasteiger partial charge in [-0.3, -0.25) is 0 Å². The van der Waals surface area contributed by atoms with Crippen LogP contribution in [-0.2, 0) is 48.0 Å². The number of carbonyl (C=O) groups excluding carboxylic acids is 4. The molecule has 2 aromatic heterocycles. The summed E-state index contributed by atoms with van der Waals surface area (Å²) in [5.41, 5.74) is 2.65. The Bertz CT molecular complexity index is 2280. The van der Waals surface area contributed by atoms with Crippen molar-refractivity contribution in [3.8, 4) is 16.9 Å². The molecule has 2 atom stereocenters. The summed E-state index contributed by atoms with van der Waals surface area (Å²) < 4.78 is 37.3. The lowest BCUT2D eigenvalue weighted by Gasteiger charge is -2.62. The fourth-order valence-corrected chi connectivity index (χ4v) is 11.0. The lowest BCUT2D eigenvalue weighted by Crippen LogP contribution is -2.58. The van der Waals surface area contributed by atoms with Gasteiger partial charge in [-0.05, 0) is 167 Å². The zero-order valence-corrected chi connectivity index (χ0v) is 40.7. The minimum Gasteiger partial charge on any atom is -0.482 e. The van der Waals surface area contributed by atoms with Crippen molar-refractivity contribution in [2.75, 3.05) is 45.4 Å². The molecule has 3 aromatic rings. The molecule has 8 rings (SSSR count). The molecule has 0 radical (unpaired) electrons. The first kappa shape index (κ1) is 47.8. The van der Waals surface area contributed by atoms with E-state index in [-0.39, 0.29) is 36.0 Å². The summed E-state index contributed by atoms with van der Waals surface area (Å²) in [7, 11) is 3.11. The average Bonchev–Trinajstić information content (AvgIpc) is 3.54. The smallest absolute Gasteiger partial charge is 0.410 e. The second-order valence-corrected chi connectivity index (χ2v) is 22.0. The Morgan fingerprint density at radius 3 is 2.14 bits per heavy atom. The Balaban J connectivity index is 1.13. The van der Waals surface area contributed by atoms with Crippen LogP contribution in [0.4, 0.5) is 10.6 Å². The number of hydrogen-bond acceptors (Lipinski definition) is 12. The number of nitrogens with zero attached hydrogens (tertiary/aromatic N) is 4. The van der Waals surface area contributed by atoms with E-state index in [1.165, 1.54) is 13.5 Å². The average molecular weight is 899 g/mol. The molecule has 4 fully saturated rings. The van der Waals surface area contributed by atoms with E-state index >= 15 is 0 Å². The van der Waals surface area contributed by atoms with E-state index in [0.717, 1.165) is 55.5 Å². The molecule has 3 heterocycles. The van der Waals surface area contributed by atoms with Gasteiger partial charge in [0, 0.05) is 61.8 Å². The Hall–Kier alpha value is -5.11. The number of rotatable bonds is 13. The van der Waals surface area contributed by atoms with Crippen LogP contribution >= 0.6 is 0 Å². The zero-order chi connectivity index (χ0) is 47.3. The molecule has 14 nitrogen and oxygen atoms in total. The van der Waals surface area contributed by atoms with Gasteiger partial charge in [-0.1, -0.05) is 0 Å². The Labute approximate surface area is 384 Å². The highest BCUT2D eigenvalue weighted by Crippen LogP contribution is 2.63. The number of anilines is 1. The normalized spacial score (nSPS) is 22.6. The van der Waals surface area contributed by atoms with Crippen molar-refractivity contribution in [1.82, 2.24) is 14.5 Å². The number of hydrogen-bond donors (Lipinski definition) is 0. The minimum absolute atomic E-state index is 0.0759. The molecular formula is C51H70N4O10. The molecule has 4 bridgehead atoms. The molecule has 14 heteroatoms. The van der Waals surface area contributed by atoms with Gasteiger partial charge in [0.15, 0.2) is 12.3 Å². The summed E-state index contributed by atoms with van der Waals surface area (Å²) in [6, 6.07) is 9.30. The molecule has 0 N–H and O–H groups in total. The van der Waals surface area contributed by atoms with Crippen LogP contribution in [0.2, 0.25) is 0 Å². The molecule has 2 unspecified atom stereocenters. The van der Waals surface area contributed by atoms with Crippen LogP contribution in [0, 0.1) is 24.2 Å². The highest BCUT2D eigenvalue weighted by Gasteiger charge is 2.58. The van der Waals surface area contributed by atoms with Gasteiger partial charge in [-0.2, -0.15) is 0 Å². The molecule has 1 amide bonds. The molecule has 4 saturated carbocycles. The predicted octanol–water partition coefficient (Wildman–Crippen LogP) is 9.11. The van der Waals surface area contributed by atoms with Gasteiger partial charge in [0.25, 0.3) is 0 Å². The van der Waals surface area contributed by atoms with E-state index in [9.17, 15) is 19.2 Å². The number of methoxy groups -OCH3 is 1. The summed E-state index contributed by atoms with van der Waals surface area (Å²) in [5, 5.41) is 0. The van der Waals surface area contributed by atoms with Gasteiger partial charge in [0.05, 0.1) is 24.9 Å². The van der Waals surface area contributed by atoms with Crippen molar-refractivity contribution in [2.24, 2.45) is 17.3 Å². The van der Waals surface area contributed by atoms with E-state index in [2.05, 4.69) is 23.8 Å². The first-order chi connectivity index (χ1) is 30.3. The fourth-order valence-electron chi connectivity index (χ4n) is 11.0. The number of likely N-dealkylation sites (N-methyl/N-ethyl adjacent to an activating group) is 1. The van der Waals surface area contributed by atoms with E-state index in [4.69, 9.17) is 33.4 Å². The molecule has 5 aliphatic rings. The first-order valence-electron chi connectivity index (χ1n) is 23.2. The van der Waals surface area contributed by atoms with Gasteiger partial charge in [0.1, 0.15) is 28.4 Å². The number of carbonyl (C=O) groups is 4. The molecule has 65 heavy (non-hydrogen) atoms. The Kier molecular flexibility index (Phi) is 13.2. The molecule has 354 valence electrons. The van der Waals surface area contributed by atoms with Gasteiger partial charge in [-0.15, -0.1) is 0 Å². The maximum Gasteiger partial charge on any atom is 0.410 e. The lowest BCUT2D eigenvalue weighted by atomic mass is 9.48. The number of pyridine rings is 1. The van der Waals surface area contributed by atoms with Crippen LogP contribution in [0.25, 0.3) is 11.1 Å². The van der Waals surface area contributed by atoms with Crippen LogP contribution in [0.5, 0.6) is 5.75 Å². The summed E-state index contributed by atoms with van der Waals surface area (Å²) in [6.45, 7) is 21.0.